The second kappa shape index (κ2) is 7.90. The smallest absolute Gasteiger partial charge is 0.305 e. The number of carboxylic acids is 1. The monoisotopic (exact) mass is 371 g/mol. The summed E-state index contributed by atoms with van der Waals surface area (Å²) in [7, 11) is 1.28. The first-order valence-electron chi connectivity index (χ1n) is 7.16. The maximum atomic E-state index is 12.4. The van der Waals surface area contributed by atoms with E-state index in [1.54, 1.807) is 12.3 Å². The lowest BCUT2D eigenvalue weighted by molar-refractivity contribution is -0.232. The van der Waals surface area contributed by atoms with Gasteiger partial charge in [-0.3, -0.25) is 19.2 Å². The van der Waals surface area contributed by atoms with E-state index in [0.29, 0.717) is 0 Å². The van der Waals surface area contributed by atoms with Crippen LogP contribution in [0.4, 0.5) is 5.13 Å². The molecule has 2 atom stereocenters. The molecule has 1 aromatic rings. The van der Waals surface area contributed by atoms with E-state index in [2.05, 4.69) is 20.3 Å². The van der Waals surface area contributed by atoms with Crippen molar-refractivity contribution < 1.29 is 29.2 Å². The first kappa shape index (κ1) is 18.6. The van der Waals surface area contributed by atoms with E-state index in [1.807, 2.05) is 0 Å². The normalized spacial score (nSPS) is 20.2. The van der Waals surface area contributed by atoms with Gasteiger partial charge in [-0.25, -0.2) is 10.0 Å². The van der Waals surface area contributed by atoms with E-state index in [1.165, 1.54) is 7.11 Å². The van der Waals surface area contributed by atoms with Crippen LogP contribution in [0.2, 0.25) is 0 Å². The molecule has 4 N–H and O–H groups in total. The molecule has 25 heavy (non-hydrogen) atoms. The Morgan fingerprint density at radius 2 is 2.28 bits per heavy atom. The largest absolute Gasteiger partial charge is 0.481 e. The molecular formula is C13H17N5O6S. The van der Waals surface area contributed by atoms with Crippen LogP contribution in [0.25, 0.3) is 0 Å². The molecule has 2 heterocycles. The standard InChI is InChI=1S/C13H17N5O6S/c1-6-9(12(22)18(6)24-4-3-8(19)20)16-11(21)10(17-23-2)7-5-25-13(14)15-7/h5-6,9H,3-4H2,1-2H3,(H2,14,15)(H,16,21)(H,19,20). The van der Waals surface area contributed by atoms with Gasteiger partial charge in [0.05, 0.1) is 19.1 Å². The van der Waals surface area contributed by atoms with Gasteiger partial charge in [0.15, 0.2) is 10.8 Å². The molecule has 0 saturated carbocycles. The van der Waals surface area contributed by atoms with E-state index < -0.39 is 29.9 Å². The van der Waals surface area contributed by atoms with E-state index in [9.17, 15) is 14.4 Å². The van der Waals surface area contributed by atoms with Crippen molar-refractivity contribution in [2.75, 3.05) is 19.5 Å². The van der Waals surface area contributed by atoms with Crippen molar-refractivity contribution in [3.63, 3.8) is 0 Å². The summed E-state index contributed by atoms with van der Waals surface area (Å²) in [5.41, 5.74) is 5.66. The molecule has 1 fully saturated rings. The zero-order chi connectivity index (χ0) is 18.6. The third-order valence-corrected chi connectivity index (χ3v) is 4.00. The summed E-state index contributed by atoms with van der Waals surface area (Å²) < 4.78 is 0. The molecule has 0 aliphatic carbocycles. The Kier molecular flexibility index (Phi) is 5.88. The topological polar surface area (TPSA) is 156 Å². The molecule has 1 saturated heterocycles. The Balaban J connectivity index is 1.97. The van der Waals surface area contributed by atoms with Gasteiger partial charge in [-0.05, 0) is 6.92 Å². The predicted octanol–water partition coefficient (Wildman–Crippen LogP) is -0.802. The Bertz CT molecular complexity index is 705. The minimum Gasteiger partial charge on any atom is -0.481 e. The van der Waals surface area contributed by atoms with Gasteiger partial charge in [-0.1, -0.05) is 5.16 Å². The Morgan fingerprint density at radius 3 is 2.80 bits per heavy atom. The number of carboxylic acid groups (broad SMARTS) is 1. The SMILES string of the molecule is CON=C(C(=O)NC1C(=O)N(OCCC(=O)O)C1C)c1csc(N)n1. The number of amides is 2. The molecular weight excluding hydrogens is 354 g/mol. The molecule has 2 rings (SSSR count). The molecule has 1 aliphatic rings. The Labute approximate surface area is 146 Å². The van der Waals surface area contributed by atoms with Crippen LogP contribution in [0.15, 0.2) is 10.5 Å². The molecule has 0 radical (unpaired) electrons. The lowest BCUT2D eigenvalue weighted by atomic mass is 10.00. The third-order valence-electron chi connectivity index (χ3n) is 3.33. The summed E-state index contributed by atoms with van der Waals surface area (Å²) in [4.78, 5) is 48.6. The van der Waals surface area contributed by atoms with Crippen molar-refractivity contribution >= 4 is 40.0 Å². The number of aromatic nitrogens is 1. The van der Waals surface area contributed by atoms with Crippen LogP contribution in [0.3, 0.4) is 0 Å². The number of β-lactam (4-membered cyclic amide) rings is 1. The van der Waals surface area contributed by atoms with Crippen LogP contribution in [0, 0.1) is 0 Å². The number of aliphatic carboxylic acids is 1. The van der Waals surface area contributed by atoms with Gasteiger partial charge in [-0.15, -0.1) is 11.3 Å². The molecule has 1 aromatic heterocycles. The number of rotatable bonds is 8. The van der Waals surface area contributed by atoms with Crippen molar-refractivity contribution in [2.24, 2.45) is 5.16 Å². The summed E-state index contributed by atoms with van der Waals surface area (Å²) in [5, 5.41) is 17.5. The number of carbonyl (C=O) groups excluding carboxylic acids is 2. The third kappa shape index (κ3) is 4.22. The maximum Gasteiger partial charge on any atom is 0.305 e. The van der Waals surface area contributed by atoms with Crippen molar-refractivity contribution in [2.45, 2.75) is 25.4 Å². The summed E-state index contributed by atoms with van der Waals surface area (Å²) in [6, 6.07) is -1.29. The lowest BCUT2D eigenvalue weighted by Gasteiger charge is -2.43. The highest BCUT2D eigenvalue weighted by Crippen LogP contribution is 2.21. The zero-order valence-corrected chi connectivity index (χ0v) is 14.3. The lowest BCUT2D eigenvalue weighted by Crippen LogP contribution is -2.69. The fourth-order valence-electron chi connectivity index (χ4n) is 2.09. The fraction of sp³-hybridized carbons (Fsp3) is 0.462. The maximum absolute atomic E-state index is 12.4. The molecule has 1 aliphatic heterocycles. The number of nitrogens with zero attached hydrogens (tertiary/aromatic N) is 3. The van der Waals surface area contributed by atoms with Crippen LogP contribution < -0.4 is 11.1 Å². The van der Waals surface area contributed by atoms with Gasteiger partial charge in [0.25, 0.3) is 11.8 Å². The number of thiazole rings is 1. The molecule has 0 aromatic carbocycles. The van der Waals surface area contributed by atoms with E-state index in [0.717, 1.165) is 16.4 Å². The highest BCUT2D eigenvalue weighted by Gasteiger charge is 2.47. The van der Waals surface area contributed by atoms with Crippen molar-refractivity contribution in [3.8, 4) is 0 Å². The number of anilines is 1. The van der Waals surface area contributed by atoms with Crippen LogP contribution in [-0.4, -0.2) is 64.4 Å². The number of nitrogens with two attached hydrogens (primary N) is 1. The zero-order valence-electron chi connectivity index (χ0n) is 13.5. The average molecular weight is 371 g/mol. The second-order valence-electron chi connectivity index (χ2n) is 5.03. The summed E-state index contributed by atoms with van der Waals surface area (Å²) in [5.74, 6) is -2.17. The quantitative estimate of drug-likeness (QED) is 0.304. The molecule has 0 spiro atoms. The van der Waals surface area contributed by atoms with Gasteiger partial charge in [0.1, 0.15) is 18.8 Å². The van der Waals surface area contributed by atoms with Crippen LogP contribution in [0.5, 0.6) is 0 Å². The van der Waals surface area contributed by atoms with Gasteiger partial charge in [-0.2, -0.15) is 0 Å². The average Bonchev–Trinajstić information content (AvgIpc) is 2.99. The molecule has 136 valence electrons. The van der Waals surface area contributed by atoms with Crippen LogP contribution in [0.1, 0.15) is 19.0 Å². The van der Waals surface area contributed by atoms with Gasteiger partial charge in [0, 0.05) is 5.38 Å². The molecule has 2 unspecified atom stereocenters. The number of oxime groups is 1. The minimum atomic E-state index is -1.03. The molecule has 11 nitrogen and oxygen atoms in total. The van der Waals surface area contributed by atoms with Crippen molar-refractivity contribution in [3.05, 3.63) is 11.1 Å². The first-order chi connectivity index (χ1) is 11.8. The Hall–Kier alpha value is -2.73. The van der Waals surface area contributed by atoms with E-state index >= 15 is 0 Å². The molecule has 12 heteroatoms. The van der Waals surface area contributed by atoms with Gasteiger partial charge in [0.2, 0.25) is 0 Å². The van der Waals surface area contributed by atoms with Crippen LogP contribution >= 0.6 is 11.3 Å². The van der Waals surface area contributed by atoms with Gasteiger partial charge >= 0.3 is 5.97 Å². The molecule has 2 amide bonds. The summed E-state index contributed by atoms with van der Waals surface area (Å²) in [6.07, 6.45) is -0.233. The number of nitrogen functional groups attached to an aromatic ring is 1. The van der Waals surface area contributed by atoms with Gasteiger partial charge < -0.3 is 21.0 Å². The number of nitrogens with one attached hydrogen (secondary N) is 1. The van der Waals surface area contributed by atoms with E-state index in [4.69, 9.17) is 15.7 Å². The number of hydrogen-bond acceptors (Lipinski definition) is 9. The van der Waals surface area contributed by atoms with Crippen LogP contribution in [-0.2, 0) is 24.1 Å². The van der Waals surface area contributed by atoms with E-state index in [-0.39, 0.29) is 29.6 Å². The Morgan fingerprint density at radius 1 is 1.56 bits per heavy atom. The van der Waals surface area contributed by atoms with Crippen molar-refractivity contribution in [1.29, 1.82) is 0 Å². The van der Waals surface area contributed by atoms with Crippen molar-refractivity contribution in [1.82, 2.24) is 15.4 Å². The second-order valence-corrected chi connectivity index (χ2v) is 5.92. The number of hydrogen-bond donors (Lipinski definition) is 3. The highest BCUT2D eigenvalue weighted by molar-refractivity contribution is 7.13. The minimum absolute atomic E-state index is 0.110. The predicted molar refractivity (Wildman–Crippen MR) is 86.5 cm³/mol. The number of hydroxylamine groups is 2. The fourth-order valence-corrected chi connectivity index (χ4v) is 2.64. The summed E-state index contributed by atoms with van der Waals surface area (Å²) in [6.45, 7) is 1.52. The molecule has 0 bridgehead atoms. The number of carbonyl (C=O) groups is 3. The first-order valence-corrected chi connectivity index (χ1v) is 8.04. The summed E-state index contributed by atoms with van der Waals surface area (Å²) >= 11 is 1.13. The highest BCUT2D eigenvalue weighted by atomic mass is 32.1.